The van der Waals surface area contributed by atoms with Crippen LogP contribution in [-0.2, 0) is 34.3 Å². The molecule has 4 aromatic rings. The van der Waals surface area contributed by atoms with Crippen molar-refractivity contribution in [3.8, 4) is 5.75 Å². The van der Waals surface area contributed by atoms with Crippen LogP contribution < -0.4 is 4.74 Å². The van der Waals surface area contributed by atoms with Crippen LogP contribution in [0.4, 0.5) is 4.79 Å². The average molecular weight is 570 g/mol. The number of rotatable bonds is 13. The van der Waals surface area contributed by atoms with Gasteiger partial charge >= 0.3 is 6.09 Å². The van der Waals surface area contributed by atoms with Gasteiger partial charge in [-0.05, 0) is 44.5 Å². The molecule has 9 nitrogen and oxygen atoms in total. The second-order valence-corrected chi connectivity index (χ2v) is 11.7. The molecule has 0 atom stereocenters. The van der Waals surface area contributed by atoms with Gasteiger partial charge < -0.3 is 18.9 Å². The minimum atomic E-state index is -3.66. The second-order valence-electron chi connectivity index (χ2n) is 10.1. The molecule has 10 heteroatoms. The Balaban J connectivity index is 1.20. The molecule has 0 bridgehead atoms. The predicted molar refractivity (Wildman–Crippen MR) is 153 cm³/mol. The molecule has 0 radical (unpaired) electrons. The normalized spacial score (nSPS) is 12.2. The van der Waals surface area contributed by atoms with Gasteiger partial charge in [-0.3, -0.25) is 4.18 Å². The van der Waals surface area contributed by atoms with Crippen molar-refractivity contribution in [2.75, 3.05) is 39.6 Å². The van der Waals surface area contributed by atoms with Crippen LogP contribution in [-0.4, -0.2) is 64.3 Å². The van der Waals surface area contributed by atoms with E-state index in [1.807, 2.05) is 69.3 Å². The third kappa shape index (κ3) is 8.28. The van der Waals surface area contributed by atoms with Gasteiger partial charge in [0.25, 0.3) is 10.1 Å². The Kier molecular flexibility index (Phi) is 9.80. The Morgan fingerprint density at radius 3 is 2.10 bits per heavy atom. The first-order valence-electron chi connectivity index (χ1n) is 13.1. The van der Waals surface area contributed by atoms with Gasteiger partial charge in [0, 0.05) is 16.8 Å². The Morgan fingerprint density at radius 1 is 0.750 bits per heavy atom. The molecule has 0 spiro atoms. The number of nitrogens with zero attached hydrogens (tertiary/aromatic N) is 1. The maximum atomic E-state index is 13.0. The smallest absolute Gasteiger partial charge is 0.419 e. The van der Waals surface area contributed by atoms with Crippen LogP contribution in [0.15, 0.2) is 72.8 Å². The third-order valence-corrected chi connectivity index (χ3v) is 6.98. The standard InChI is InChI=1S/C30H35NO8S/c1-30(2,3)39-29(32)31-27-12-8-7-11-25(27)26-14-13-24(21-28(26)31)37-19-17-35-15-16-36-18-20-38-40(33,34)22-23-9-5-4-6-10-23/h4-14,21H,15-20,22H2,1-3H3. The zero-order valence-corrected chi connectivity index (χ0v) is 23.8. The fraction of sp³-hybridized carbons (Fsp3) is 0.367. The number of aromatic nitrogens is 1. The lowest BCUT2D eigenvalue weighted by Gasteiger charge is -2.20. The molecule has 1 heterocycles. The molecule has 0 aliphatic heterocycles. The summed E-state index contributed by atoms with van der Waals surface area (Å²) in [5.41, 5.74) is 1.52. The lowest BCUT2D eigenvalue weighted by molar-refractivity contribution is 0.0279. The molecule has 0 aliphatic carbocycles. The van der Waals surface area contributed by atoms with Crippen LogP contribution in [0.2, 0.25) is 0 Å². The van der Waals surface area contributed by atoms with Crippen LogP contribution in [0.1, 0.15) is 26.3 Å². The molecule has 40 heavy (non-hydrogen) atoms. The van der Waals surface area contributed by atoms with Crippen LogP contribution >= 0.6 is 0 Å². The van der Waals surface area contributed by atoms with E-state index in [2.05, 4.69) is 0 Å². The van der Waals surface area contributed by atoms with E-state index >= 15 is 0 Å². The highest BCUT2D eigenvalue weighted by Gasteiger charge is 2.22. The molecule has 0 fully saturated rings. The highest BCUT2D eigenvalue weighted by atomic mass is 32.2. The van der Waals surface area contributed by atoms with E-state index in [1.54, 1.807) is 28.8 Å². The van der Waals surface area contributed by atoms with Gasteiger partial charge in [0.2, 0.25) is 0 Å². The van der Waals surface area contributed by atoms with Crippen molar-refractivity contribution >= 4 is 38.0 Å². The fourth-order valence-electron chi connectivity index (χ4n) is 4.12. The minimum Gasteiger partial charge on any atom is -0.491 e. The maximum Gasteiger partial charge on any atom is 0.419 e. The van der Waals surface area contributed by atoms with Crippen molar-refractivity contribution in [3.05, 3.63) is 78.4 Å². The first kappa shape index (κ1) is 29.5. The average Bonchev–Trinajstić information content (AvgIpc) is 3.23. The van der Waals surface area contributed by atoms with Crippen LogP contribution in [0, 0.1) is 0 Å². The van der Waals surface area contributed by atoms with Gasteiger partial charge in [-0.2, -0.15) is 8.42 Å². The number of para-hydroxylation sites is 1. The number of hydrogen-bond acceptors (Lipinski definition) is 8. The lowest BCUT2D eigenvalue weighted by atomic mass is 10.1. The molecule has 0 N–H and O–H groups in total. The third-order valence-electron chi connectivity index (χ3n) is 5.77. The second kappa shape index (κ2) is 13.3. The highest BCUT2D eigenvalue weighted by molar-refractivity contribution is 7.85. The van der Waals surface area contributed by atoms with Crippen LogP contribution in [0.25, 0.3) is 21.8 Å². The predicted octanol–water partition coefficient (Wildman–Crippen LogP) is 5.54. The number of hydrogen-bond donors (Lipinski definition) is 0. The first-order valence-corrected chi connectivity index (χ1v) is 14.7. The van der Waals surface area contributed by atoms with E-state index in [4.69, 9.17) is 23.1 Å². The van der Waals surface area contributed by atoms with Gasteiger partial charge in [-0.25, -0.2) is 9.36 Å². The Labute approximate surface area is 234 Å². The number of fused-ring (bicyclic) bond motifs is 3. The van der Waals surface area contributed by atoms with Crippen LogP contribution in [0.5, 0.6) is 5.75 Å². The van der Waals surface area contributed by atoms with Crippen LogP contribution in [0.3, 0.4) is 0 Å². The topological polar surface area (TPSA) is 102 Å². The van der Waals surface area contributed by atoms with Crippen molar-refractivity contribution < 1.29 is 36.3 Å². The number of benzene rings is 3. The van der Waals surface area contributed by atoms with Crippen molar-refractivity contribution in [3.63, 3.8) is 0 Å². The quantitative estimate of drug-likeness (QED) is 0.153. The molecular weight excluding hydrogens is 534 g/mol. The molecular formula is C30H35NO8S. The summed E-state index contributed by atoms with van der Waals surface area (Å²) in [6.07, 6.45) is -0.446. The van der Waals surface area contributed by atoms with E-state index in [0.29, 0.717) is 43.3 Å². The van der Waals surface area contributed by atoms with Gasteiger partial charge in [0.05, 0.1) is 44.1 Å². The van der Waals surface area contributed by atoms with E-state index in [-0.39, 0.29) is 19.0 Å². The molecule has 1 aromatic heterocycles. The zero-order valence-electron chi connectivity index (χ0n) is 23.0. The summed E-state index contributed by atoms with van der Waals surface area (Å²) >= 11 is 0. The SMILES string of the molecule is CC(C)(C)OC(=O)n1c2ccccc2c2ccc(OCCOCCOCCOS(=O)(=O)Cc3ccccc3)cc21. The van der Waals surface area contributed by atoms with E-state index in [9.17, 15) is 13.2 Å². The molecule has 4 rings (SSSR count). The lowest BCUT2D eigenvalue weighted by Crippen LogP contribution is -2.27. The molecule has 0 unspecified atom stereocenters. The van der Waals surface area contributed by atoms with Crippen molar-refractivity contribution in [2.24, 2.45) is 0 Å². The molecule has 3 aromatic carbocycles. The van der Waals surface area contributed by atoms with Gasteiger partial charge in [0.15, 0.2) is 0 Å². The summed E-state index contributed by atoms with van der Waals surface area (Å²) in [6, 6.07) is 22.2. The highest BCUT2D eigenvalue weighted by Crippen LogP contribution is 2.32. The molecule has 0 saturated heterocycles. The monoisotopic (exact) mass is 569 g/mol. The Hall–Kier alpha value is -3.44. The number of carbonyl (C=O) groups is 1. The summed E-state index contributed by atoms with van der Waals surface area (Å²) in [5, 5.41) is 1.89. The first-order chi connectivity index (χ1) is 19.1. The Bertz CT molecular complexity index is 1520. The van der Waals surface area contributed by atoms with Crippen molar-refractivity contribution in [2.45, 2.75) is 32.1 Å². The summed E-state index contributed by atoms with van der Waals surface area (Å²) in [6.45, 7) is 6.85. The van der Waals surface area contributed by atoms with Gasteiger partial charge in [0.1, 0.15) is 23.7 Å². The maximum absolute atomic E-state index is 13.0. The fourth-order valence-corrected chi connectivity index (χ4v) is 5.13. The van der Waals surface area contributed by atoms with E-state index in [1.165, 1.54) is 0 Å². The van der Waals surface area contributed by atoms with E-state index < -0.39 is 21.8 Å². The number of carbonyl (C=O) groups excluding carboxylic acids is 1. The van der Waals surface area contributed by atoms with Crippen molar-refractivity contribution in [1.82, 2.24) is 4.57 Å². The zero-order chi connectivity index (χ0) is 28.6. The van der Waals surface area contributed by atoms with Gasteiger partial charge in [-0.15, -0.1) is 0 Å². The Morgan fingerprint density at radius 2 is 1.38 bits per heavy atom. The summed E-state index contributed by atoms with van der Waals surface area (Å²) < 4.78 is 53.0. The van der Waals surface area contributed by atoms with Crippen molar-refractivity contribution in [1.29, 1.82) is 0 Å². The van der Waals surface area contributed by atoms with Gasteiger partial charge in [-0.1, -0.05) is 48.5 Å². The minimum absolute atomic E-state index is 0.0548. The summed E-state index contributed by atoms with van der Waals surface area (Å²) in [5.74, 6) is 0.432. The number of ether oxygens (including phenoxy) is 4. The molecule has 0 aliphatic rings. The summed E-state index contributed by atoms with van der Waals surface area (Å²) in [7, 11) is -3.66. The largest absolute Gasteiger partial charge is 0.491 e. The summed E-state index contributed by atoms with van der Waals surface area (Å²) in [4.78, 5) is 13.0. The molecule has 214 valence electrons. The molecule has 0 saturated carbocycles. The molecule has 0 amide bonds. The van der Waals surface area contributed by atoms with E-state index in [0.717, 1.165) is 16.3 Å².